The summed E-state index contributed by atoms with van der Waals surface area (Å²) >= 11 is 0. The minimum absolute atomic E-state index is 0.186. The lowest BCUT2D eigenvalue weighted by atomic mass is 10.0. The summed E-state index contributed by atoms with van der Waals surface area (Å²) < 4.78 is 0. The molecule has 2 aromatic rings. The first-order valence-corrected chi connectivity index (χ1v) is 6.36. The SMILES string of the molecule is CCC(NCc1ccccc1)c1ccccc1O. The molecule has 2 aromatic carbocycles. The lowest BCUT2D eigenvalue weighted by molar-refractivity contribution is 0.441. The number of phenolic OH excluding ortho intramolecular Hbond substituents is 1. The Morgan fingerprint density at radius 3 is 2.33 bits per heavy atom. The second-order valence-corrected chi connectivity index (χ2v) is 4.39. The first-order valence-electron chi connectivity index (χ1n) is 6.36. The molecule has 0 saturated carbocycles. The van der Waals surface area contributed by atoms with Gasteiger partial charge >= 0.3 is 0 Å². The van der Waals surface area contributed by atoms with E-state index >= 15 is 0 Å². The summed E-state index contributed by atoms with van der Waals surface area (Å²) in [5, 5.41) is 13.4. The van der Waals surface area contributed by atoms with Crippen molar-refractivity contribution in [2.45, 2.75) is 25.9 Å². The summed E-state index contributed by atoms with van der Waals surface area (Å²) in [7, 11) is 0. The second-order valence-electron chi connectivity index (χ2n) is 4.39. The third-order valence-corrected chi connectivity index (χ3v) is 3.12. The van der Waals surface area contributed by atoms with Crippen molar-refractivity contribution in [1.29, 1.82) is 0 Å². The molecule has 0 aromatic heterocycles. The van der Waals surface area contributed by atoms with E-state index in [2.05, 4.69) is 24.4 Å². The Morgan fingerprint density at radius 2 is 1.67 bits per heavy atom. The van der Waals surface area contributed by atoms with Gasteiger partial charge in [0.15, 0.2) is 0 Å². The molecule has 0 fully saturated rings. The third kappa shape index (κ3) is 3.11. The van der Waals surface area contributed by atoms with Gasteiger partial charge in [-0.05, 0) is 18.1 Å². The normalized spacial score (nSPS) is 12.3. The fraction of sp³-hybridized carbons (Fsp3) is 0.250. The fourth-order valence-corrected chi connectivity index (χ4v) is 2.09. The zero-order chi connectivity index (χ0) is 12.8. The van der Waals surface area contributed by atoms with E-state index in [9.17, 15) is 5.11 Å². The molecule has 1 unspecified atom stereocenters. The number of aromatic hydroxyl groups is 1. The van der Waals surface area contributed by atoms with Crippen LogP contribution in [0, 0.1) is 0 Å². The average molecular weight is 241 g/mol. The highest BCUT2D eigenvalue weighted by Crippen LogP contribution is 2.25. The lowest BCUT2D eigenvalue weighted by Gasteiger charge is -2.18. The summed E-state index contributed by atoms with van der Waals surface area (Å²) in [6, 6.07) is 18.0. The van der Waals surface area contributed by atoms with E-state index in [1.165, 1.54) is 5.56 Å². The molecule has 18 heavy (non-hydrogen) atoms. The van der Waals surface area contributed by atoms with Gasteiger partial charge in [0.2, 0.25) is 0 Å². The molecule has 0 aliphatic rings. The molecule has 1 atom stereocenters. The first-order chi connectivity index (χ1) is 8.81. The standard InChI is InChI=1S/C16H19NO/c1-2-15(14-10-6-7-11-16(14)18)17-12-13-8-4-3-5-9-13/h3-11,15,17-18H,2,12H2,1H3. The van der Waals surface area contributed by atoms with E-state index in [0.29, 0.717) is 5.75 Å². The average Bonchev–Trinajstić information content (AvgIpc) is 2.42. The Labute approximate surface area is 108 Å². The number of hydrogen-bond acceptors (Lipinski definition) is 2. The molecule has 2 rings (SSSR count). The molecule has 0 aliphatic carbocycles. The number of hydrogen-bond donors (Lipinski definition) is 2. The van der Waals surface area contributed by atoms with Gasteiger partial charge in [0.05, 0.1) is 0 Å². The van der Waals surface area contributed by atoms with E-state index < -0.39 is 0 Å². The minimum Gasteiger partial charge on any atom is -0.508 e. The van der Waals surface area contributed by atoms with Crippen LogP contribution < -0.4 is 5.32 Å². The van der Waals surface area contributed by atoms with Gasteiger partial charge in [-0.1, -0.05) is 55.5 Å². The van der Waals surface area contributed by atoms with Gasteiger partial charge in [0.1, 0.15) is 5.75 Å². The Hall–Kier alpha value is -1.80. The van der Waals surface area contributed by atoms with Crippen molar-refractivity contribution in [3.8, 4) is 5.75 Å². The summed E-state index contributed by atoms with van der Waals surface area (Å²) in [6.07, 6.45) is 0.949. The van der Waals surface area contributed by atoms with Crippen molar-refractivity contribution >= 4 is 0 Å². The monoisotopic (exact) mass is 241 g/mol. The van der Waals surface area contributed by atoms with E-state index in [4.69, 9.17) is 0 Å². The largest absolute Gasteiger partial charge is 0.508 e. The van der Waals surface area contributed by atoms with Crippen LogP contribution in [-0.4, -0.2) is 5.11 Å². The molecule has 0 heterocycles. The zero-order valence-corrected chi connectivity index (χ0v) is 10.6. The maximum absolute atomic E-state index is 9.87. The molecule has 2 nitrogen and oxygen atoms in total. The highest BCUT2D eigenvalue weighted by Gasteiger charge is 2.11. The first kappa shape index (κ1) is 12.7. The molecule has 0 aliphatic heterocycles. The summed E-state index contributed by atoms with van der Waals surface area (Å²) in [5.41, 5.74) is 2.22. The molecule has 0 spiro atoms. The smallest absolute Gasteiger partial charge is 0.120 e. The minimum atomic E-state index is 0.186. The van der Waals surface area contributed by atoms with Gasteiger partial charge in [-0.2, -0.15) is 0 Å². The van der Waals surface area contributed by atoms with Crippen LogP contribution in [0.25, 0.3) is 0 Å². The molecule has 0 saturated heterocycles. The van der Waals surface area contributed by atoms with Crippen LogP contribution in [-0.2, 0) is 6.54 Å². The Balaban J connectivity index is 2.04. The third-order valence-electron chi connectivity index (χ3n) is 3.12. The predicted octanol–water partition coefficient (Wildman–Crippen LogP) is 3.63. The van der Waals surface area contributed by atoms with Gasteiger partial charge in [-0.3, -0.25) is 0 Å². The highest BCUT2D eigenvalue weighted by molar-refractivity contribution is 5.34. The zero-order valence-electron chi connectivity index (χ0n) is 10.6. The van der Waals surface area contributed by atoms with E-state index in [0.717, 1.165) is 18.5 Å². The molecule has 0 bridgehead atoms. The molecule has 2 heteroatoms. The summed E-state index contributed by atoms with van der Waals surface area (Å²) in [6.45, 7) is 2.93. The van der Waals surface area contributed by atoms with Gasteiger partial charge in [-0.25, -0.2) is 0 Å². The number of benzene rings is 2. The molecular weight excluding hydrogens is 222 g/mol. The lowest BCUT2D eigenvalue weighted by Crippen LogP contribution is -2.20. The molecule has 94 valence electrons. The second kappa shape index (κ2) is 6.22. The number of para-hydroxylation sites is 1. The van der Waals surface area contributed by atoms with Gasteiger partial charge in [-0.15, -0.1) is 0 Å². The number of phenols is 1. The van der Waals surface area contributed by atoms with Crippen LogP contribution in [0.3, 0.4) is 0 Å². The van der Waals surface area contributed by atoms with Crippen LogP contribution in [0.15, 0.2) is 54.6 Å². The summed E-state index contributed by atoms with van der Waals surface area (Å²) in [5.74, 6) is 0.366. The van der Waals surface area contributed by atoms with Crippen LogP contribution >= 0.6 is 0 Å². The number of rotatable bonds is 5. The Bertz CT molecular complexity index is 481. The van der Waals surface area contributed by atoms with E-state index in [1.807, 2.05) is 36.4 Å². The van der Waals surface area contributed by atoms with Gasteiger partial charge in [0.25, 0.3) is 0 Å². The predicted molar refractivity (Wildman–Crippen MR) is 74.4 cm³/mol. The molecule has 0 radical (unpaired) electrons. The van der Waals surface area contributed by atoms with Crippen molar-refractivity contribution in [1.82, 2.24) is 5.32 Å². The maximum atomic E-state index is 9.87. The maximum Gasteiger partial charge on any atom is 0.120 e. The van der Waals surface area contributed by atoms with Crippen molar-refractivity contribution in [2.75, 3.05) is 0 Å². The topological polar surface area (TPSA) is 32.3 Å². The van der Waals surface area contributed by atoms with Crippen molar-refractivity contribution < 1.29 is 5.11 Å². The van der Waals surface area contributed by atoms with Crippen LogP contribution in [0.4, 0.5) is 0 Å². The van der Waals surface area contributed by atoms with Crippen LogP contribution in [0.5, 0.6) is 5.75 Å². The van der Waals surface area contributed by atoms with Gasteiger partial charge in [0, 0.05) is 18.2 Å². The fourth-order valence-electron chi connectivity index (χ4n) is 2.09. The Morgan fingerprint density at radius 1 is 1.00 bits per heavy atom. The molecule has 2 N–H and O–H groups in total. The molecule has 0 amide bonds. The Kier molecular flexibility index (Phi) is 4.37. The quantitative estimate of drug-likeness (QED) is 0.837. The van der Waals surface area contributed by atoms with Crippen molar-refractivity contribution in [3.63, 3.8) is 0 Å². The molecular formula is C16H19NO. The van der Waals surface area contributed by atoms with Gasteiger partial charge < -0.3 is 10.4 Å². The van der Waals surface area contributed by atoms with Crippen molar-refractivity contribution in [2.24, 2.45) is 0 Å². The number of nitrogens with one attached hydrogen (secondary N) is 1. The summed E-state index contributed by atoms with van der Waals surface area (Å²) in [4.78, 5) is 0. The van der Waals surface area contributed by atoms with Crippen molar-refractivity contribution in [3.05, 3.63) is 65.7 Å². The van der Waals surface area contributed by atoms with E-state index in [1.54, 1.807) is 6.07 Å². The van der Waals surface area contributed by atoms with Crippen LogP contribution in [0.1, 0.15) is 30.5 Å². The van der Waals surface area contributed by atoms with Crippen LogP contribution in [0.2, 0.25) is 0 Å². The van der Waals surface area contributed by atoms with E-state index in [-0.39, 0.29) is 6.04 Å². The highest BCUT2D eigenvalue weighted by atomic mass is 16.3.